The summed E-state index contributed by atoms with van der Waals surface area (Å²) in [5, 5.41) is 9.30. The van der Waals surface area contributed by atoms with Gasteiger partial charge in [0.05, 0.1) is 5.56 Å². The lowest BCUT2D eigenvalue weighted by Crippen LogP contribution is -2.35. The fraction of sp³-hybridized carbons (Fsp3) is 0.500. The van der Waals surface area contributed by atoms with Crippen LogP contribution >= 0.6 is 0 Å². The van der Waals surface area contributed by atoms with Crippen LogP contribution in [0.5, 0.6) is 0 Å². The normalized spacial score (nSPS) is 21.9. The van der Waals surface area contributed by atoms with E-state index >= 15 is 0 Å². The zero-order valence-corrected chi connectivity index (χ0v) is 16.3. The van der Waals surface area contributed by atoms with Crippen LogP contribution in [0.3, 0.4) is 0 Å². The molecule has 0 radical (unpaired) electrons. The number of rotatable bonds is 5. The summed E-state index contributed by atoms with van der Waals surface area (Å²) in [7, 11) is 0. The van der Waals surface area contributed by atoms with Crippen molar-refractivity contribution in [3.8, 4) is 6.07 Å². The third-order valence-corrected chi connectivity index (χ3v) is 5.80. The largest absolute Gasteiger partial charge is 0.466 e. The Balaban J connectivity index is 1.31. The van der Waals surface area contributed by atoms with Gasteiger partial charge in [-0.2, -0.15) is 5.26 Å². The first-order valence-corrected chi connectivity index (χ1v) is 10.1. The molecule has 0 N–H and O–H groups in total. The standard InChI is InChI=1S/C22H26N4O2/c1-16-14-19(16)20-7-5-18(28-20)6-8-21(27)25-10-3-11-26(13-12-25)22-17(15-23)4-2-9-24-22/h2,4-5,7,9,16,19H,3,6,8,10-14H2,1H3/t16-,19+/m0/s1. The van der Waals surface area contributed by atoms with Crippen LogP contribution in [0.25, 0.3) is 0 Å². The Kier molecular flexibility index (Phi) is 5.34. The molecular weight excluding hydrogens is 352 g/mol. The maximum atomic E-state index is 12.7. The number of pyridine rings is 1. The molecule has 1 saturated carbocycles. The lowest BCUT2D eigenvalue weighted by molar-refractivity contribution is -0.131. The van der Waals surface area contributed by atoms with Gasteiger partial charge in [0.15, 0.2) is 0 Å². The van der Waals surface area contributed by atoms with E-state index in [1.807, 2.05) is 11.0 Å². The van der Waals surface area contributed by atoms with Gasteiger partial charge in [-0.1, -0.05) is 6.92 Å². The van der Waals surface area contributed by atoms with E-state index in [1.54, 1.807) is 18.3 Å². The molecular formula is C22H26N4O2. The van der Waals surface area contributed by atoms with Crippen molar-refractivity contribution in [1.82, 2.24) is 9.88 Å². The minimum absolute atomic E-state index is 0.168. The molecule has 6 nitrogen and oxygen atoms in total. The van der Waals surface area contributed by atoms with Gasteiger partial charge in [0.25, 0.3) is 0 Å². The minimum Gasteiger partial charge on any atom is -0.466 e. The molecule has 2 atom stereocenters. The minimum atomic E-state index is 0.168. The van der Waals surface area contributed by atoms with E-state index in [2.05, 4.69) is 28.9 Å². The average Bonchev–Trinajstić information content (AvgIpc) is 3.35. The molecule has 2 aromatic heterocycles. The molecule has 1 saturated heterocycles. The summed E-state index contributed by atoms with van der Waals surface area (Å²) in [6.45, 7) is 5.14. The summed E-state index contributed by atoms with van der Waals surface area (Å²) in [6, 6.07) is 9.86. The molecule has 1 amide bonds. The van der Waals surface area contributed by atoms with Crippen LogP contribution in [0.15, 0.2) is 34.9 Å². The Bertz CT molecular complexity index is 885. The molecule has 2 fully saturated rings. The van der Waals surface area contributed by atoms with E-state index in [9.17, 15) is 10.1 Å². The SMILES string of the molecule is C[C@H]1C[C@H]1c1ccc(CCC(=O)N2CCCN(c3ncccc3C#N)CC2)o1. The molecule has 6 heteroatoms. The monoisotopic (exact) mass is 378 g/mol. The number of anilines is 1. The van der Waals surface area contributed by atoms with Gasteiger partial charge in [-0.25, -0.2) is 4.98 Å². The Labute approximate surface area is 165 Å². The molecule has 1 aliphatic heterocycles. The number of carbonyl (C=O) groups is 1. The Morgan fingerprint density at radius 3 is 2.93 bits per heavy atom. The number of hydrogen-bond donors (Lipinski definition) is 0. The zero-order valence-electron chi connectivity index (χ0n) is 16.3. The van der Waals surface area contributed by atoms with Crippen molar-refractivity contribution in [1.29, 1.82) is 5.26 Å². The van der Waals surface area contributed by atoms with Crippen molar-refractivity contribution in [2.75, 3.05) is 31.1 Å². The lowest BCUT2D eigenvalue weighted by Gasteiger charge is -2.23. The number of aromatic nitrogens is 1. The third-order valence-electron chi connectivity index (χ3n) is 5.80. The summed E-state index contributed by atoms with van der Waals surface area (Å²) < 4.78 is 5.92. The van der Waals surface area contributed by atoms with Crippen molar-refractivity contribution < 1.29 is 9.21 Å². The average molecular weight is 378 g/mol. The Morgan fingerprint density at radius 2 is 2.14 bits per heavy atom. The molecule has 0 aromatic carbocycles. The maximum absolute atomic E-state index is 12.7. The summed E-state index contributed by atoms with van der Waals surface area (Å²) in [6.07, 6.45) is 4.92. The summed E-state index contributed by atoms with van der Waals surface area (Å²) in [5.41, 5.74) is 0.584. The molecule has 2 aliphatic rings. The molecule has 1 aliphatic carbocycles. The van der Waals surface area contributed by atoms with Crippen LogP contribution in [0.4, 0.5) is 5.82 Å². The summed E-state index contributed by atoms with van der Waals surface area (Å²) in [5.74, 6) is 4.17. The molecule has 3 heterocycles. The molecule has 0 unspecified atom stereocenters. The van der Waals surface area contributed by atoms with E-state index in [4.69, 9.17) is 4.42 Å². The number of carbonyl (C=O) groups excluding carboxylic acids is 1. The number of nitriles is 1. The van der Waals surface area contributed by atoms with Gasteiger partial charge < -0.3 is 14.2 Å². The number of nitrogens with zero attached hydrogens (tertiary/aromatic N) is 4. The second-order valence-corrected chi connectivity index (χ2v) is 7.83. The van der Waals surface area contributed by atoms with Gasteiger partial charge in [0, 0.05) is 51.1 Å². The molecule has 28 heavy (non-hydrogen) atoms. The number of aryl methyl sites for hydroxylation is 1. The van der Waals surface area contributed by atoms with E-state index < -0.39 is 0 Å². The van der Waals surface area contributed by atoms with Gasteiger partial charge in [0.1, 0.15) is 23.4 Å². The molecule has 0 spiro atoms. The highest BCUT2D eigenvalue weighted by Gasteiger charge is 2.36. The van der Waals surface area contributed by atoms with Gasteiger partial charge in [-0.15, -0.1) is 0 Å². The van der Waals surface area contributed by atoms with Crippen molar-refractivity contribution in [3.63, 3.8) is 0 Å². The first-order chi connectivity index (χ1) is 13.7. The van der Waals surface area contributed by atoms with Gasteiger partial charge in [-0.3, -0.25) is 4.79 Å². The van der Waals surface area contributed by atoms with Gasteiger partial charge in [-0.05, 0) is 43.0 Å². The van der Waals surface area contributed by atoms with Crippen LogP contribution < -0.4 is 4.90 Å². The summed E-state index contributed by atoms with van der Waals surface area (Å²) in [4.78, 5) is 21.1. The quantitative estimate of drug-likeness (QED) is 0.798. The van der Waals surface area contributed by atoms with Crippen LogP contribution in [0.1, 0.15) is 49.2 Å². The lowest BCUT2D eigenvalue weighted by atomic mass is 10.2. The second-order valence-electron chi connectivity index (χ2n) is 7.83. The fourth-order valence-corrected chi connectivity index (χ4v) is 3.95. The highest BCUT2D eigenvalue weighted by Crippen LogP contribution is 2.47. The topological polar surface area (TPSA) is 73.4 Å². The zero-order chi connectivity index (χ0) is 19.5. The van der Waals surface area contributed by atoms with Crippen LogP contribution in [-0.4, -0.2) is 42.0 Å². The van der Waals surface area contributed by atoms with Crippen LogP contribution in [0, 0.1) is 17.2 Å². The van der Waals surface area contributed by atoms with Crippen molar-refractivity contribution >= 4 is 11.7 Å². The Hall–Kier alpha value is -2.81. The third kappa shape index (κ3) is 4.04. The molecule has 4 rings (SSSR count). The van der Waals surface area contributed by atoms with Crippen LogP contribution in [-0.2, 0) is 11.2 Å². The highest BCUT2D eigenvalue weighted by molar-refractivity contribution is 5.76. The summed E-state index contributed by atoms with van der Waals surface area (Å²) >= 11 is 0. The van der Waals surface area contributed by atoms with E-state index in [0.29, 0.717) is 37.4 Å². The van der Waals surface area contributed by atoms with Gasteiger partial charge >= 0.3 is 0 Å². The highest BCUT2D eigenvalue weighted by atomic mass is 16.3. The first-order valence-electron chi connectivity index (χ1n) is 10.1. The van der Waals surface area contributed by atoms with Crippen molar-refractivity contribution in [3.05, 3.63) is 47.5 Å². The molecule has 0 bridgehead atoms. The number of furan rings is 1. The van der Waals surface area contributed by atoms with E-state index in [-0.39, 0.29) is 5.91 Å². The van der Waals surface area contributed by atoms with E-state index in [0.717, 1.165) is 42.8 Å². The van der Waals surface area contributed by atoms with Crippen molar-refractivity contribution in [2.45, 2.75) is 38.5 Å². The van der Waals surface area contributed by atoms with E-state index in [1.165, 1.54) is 6.42 Å². The first kappa shape index (κ1) is 18.5. The predicted octanol–water partition coefficient (Wildman–Crippen LogP) is 3.34. The second kappa shape index (κ2) is 8.05. The predicted molar refractivity (Wildman–Crippen MR) is 106 cm³/mol. The van der Waals surface area contributed by atoms with Crippen LogP contribution in [0.2, 0.25) is 0 Å². The smallest absolute Gasteiger partial charge is 0.223 e. The molecule has 146 valence electrons. The molecule has 2 aromatic rings. The van der Waals surface area contributed by atoms with Gasteiger partial charge in [0.2, 0.25) is 5.91 Å². The van der Waals surface area contributed by atoms with Crippen molar-refractivity contribution in [2.24, 2.45) is 5.92 Å². The maximum Gasteiger partial charge on any atom is 0.223 e. The Morgan fingerprint density at radius 1 is 1.29 bits per heavy atom. The number of hydrogen-bond acceptors (Lipinski definition) is 5. The number of amides is 1. The fourth-order valence-electron chi connectivity index (χ4n) is 3.95.